The van der Waals surface area contributed by atoms with E-state index in [0.717, 1.165) is 0 Å². The van der Waals surface area contributed by atoms with Crippen molar-refractivity contribution in [3.8, 4) is 0 Å². The minimum Gasteiger partial charge on any atom is -0.479 e. The van der Waals surface area contributed by atoms with E-state index in [1.807, 2.05) is 0 Å². The van der Waals surface area contributed by atoms with Gasteiger partial charge in [-0.1, -0.05) is 13.8 Å². The lowest BCUT2D eigenvalue weighted by Crippen LogP contribution is -2.65. The van der Waals surface area contributed by atoms with Crippen LogP contribution < -0.4 is 10.6 Å². The molecule has 0 heterocycles. The largest absolute Gasteiger partial charge is 0.479 e. The number of nitrogens with one attached hydrogen (secondary N) is 2. The molecule has 0 aliphatic carbocycles. The maximum absolute atomic E-state index is 12.7. The molecule has 0 bridgehead atoms. The summed E-state index contributed by atoms with van der Waals surface area (Å²) in [4.78, 5) is 22.3. The van der Waals surface area contributed by atoms with Gasteiger partial charge < -0.3 is 15.7 Å². The van der Waals surface area contributed by atoms with Gasteiger partial charge in [-0.15, -0.1) is 0 Å². The molecule has 112 valence electrons. The first-order chi connectivity index (χ1) is 8.42. The Labute approximate surface area is 109 Å². The number of carboxylic acids is 1. The van der Waals surface area contributed by atoms with Gasteiger partial charge in [0.15, 0.2) is 0 Å². The molecule has 0 aliphatic rings. The quantitative estimate of drug-likeness (QED) is 0.724. The van der Waals surface area contributed by atoms with Crippen LogP contribution in [0.4, 0.5) is 18.0 Å². The molecule has 1 unspecified atom stereocenters. The van der Waals surface area contributed by atoms with Gasteiger partial charge in [-0.25, -0.2) is 9.59 Å². The van der Waals surface area contributed by atoms with Crippen LogP contribution in [0.1, 0.15) is 40.5 Å². The van der Waals surface area contributed by atoms with Crippen molar-refractivity contribution in [2.75, 3.05) is 0 Å². The molecule has 2 amide bonds. The summed E-state index contributed by atoms with van der Waals surface area (Å²) in [6.45, 7) is 5.61. The van der Waals surface area contributed by atoms with Crippen LogP contribution in [0.3, 0.4) is 0 Å². The zero-order valence-electron chi connectivity index (χ0n) is 11.3. The molecular weight excluding hydrogens is 265 g/mol. The fourth-order valence-corrected chi connectivity index (χ4v) is 1.20. The highest BCUT2D eigenvalue weighted by molar-refractivity contribution is 5.87. The fraction of sp³-hybridized carbons (Fsp3) is 0.818. The molecule has 0 rings (SSSR count). The number of carbonyl (C=O) groups is 2. The van der Waals surface area contributed by atoms with Crippen LogP contribution in [0.2, 0.25) is 0 Å². The minimum absolute atomic E-state index is 0.407. The van der Waals surface area contributed by atoms with Gasteiger partial charge in [0.1, 0.15) is 0 Å². The van der Waals surface area contributed by atoms with Gasteiger partial charge in [-0.3, -0.25) is 0 Å². The van der Waals surface area contributed by atoms with Gasteiger partial charge in [0, 0.05) is 5.54 Å². The Kier molecular flexibility index (Phi) is 5.23. The van der Waals surface area contributed by atoms with Gasteiger partial charge in [0.05, 0.1) is 0 Å². The van der Waals surface area contributed by atoms with Crippen molar-refractivity contribution in [2.24, 2.45) is 0 Å². The second kappa shape index (κ2) is 5.66. The Balaban J connectivity index is 5.01. The number of aliphatic carboxylic acids is 1. The number of halogens is 3. The third kappa shape index (κ3) is 4.00. The summed E-state index contributed by atoms with van der Waals surface area (Å²) in [5, 5.41) is 12.5. The predicted octanol–water partition coefficient (Wildman–Crippen LogP) is 2.27. The Hall–Kier alpha value is -1.47. The number of amides is 2. The number of carbonyl (C=O) groups excluding carboxylic acids is 1. The highest BCUT2D eigenvalue weighted by atomic mass is 19.4. The third-order valence-electron chi connectivity index (χ3n) is 3.33. The topological polar surface area (TPSA) is 78.4 Å². The summed E-state index contributed by atoms with van der Waals surface area (Å²) >= 11 is 0. The fourth-order valence-electron chi connectivity index (χ4n) is 1.20. The van der Waals surface area contributed by atoms with Crippen molar-refractivity contribution < 1.29 is 27.9 Å². The normalized spacial score (nSPS) is 15.5. The number of hydrogen-bond acceptors (Lipinski definition) is 2. The number of urea groups is 1. The van der Waals surface area contributed by atoms with E-state index in [2.05, 4.69) is 5.32 Å². The summed E-state index contributed by atoms with van der Waals surface area (Å²) in [6.07, 6.45) is -4.08. The maximum Gasteiger partial charge on any atom is 0.422 e. The highest BCUT2D eigenvalue weighted by Crippen LogP contribution is 2.30. The van der Waals surface area contributed by atoms with Gasteiger partial charge >= 0.3 is 18.2 Å². The van der Waals surface area contributed by atoms with Crippen molar-refractivity contribution in [1.82, 2.24) is 10.6 Å². The van der Waals surface area contributed by atoms with Gasteiger partial charge in [0.2, 0.25) is 5.54 Å². The summed E-state index contributed by atoms with van der Waals surface area (Å²) < 4.78 is 38.1. The molecule has 0 radical (unpaired) electrons. The van der Waals surface area contributed by atoms with Crippen LogP contribution >= 0.6 is 0 Å². The second-order valence-electron chi connectivity index (χ2n) is 4.77. The molecular formula is C11H19F3N2O3. The minimum atomic E-state index is -5.09. The molecule has 8 heteroatoms. The average molecular weight is 284 g/mol. The SMILES string of the molecule is CCC(C)(CC)NC(=O)NC(C)(C(=O)O)C(F)(F)F. The molecule has 0 fully saturated rings. The average Bonchev–Trinajstić information content (AvgIpc) is 2.26. The van der Waals surface area contributed by atoms with Crippen molar-refractivity contribution in [2.45, 2.75) is 57.8 Å². The smallest absolute Gasteiger partial charge is 0.422 e. The summed E-state index contributed by atoms with van der Waals surface area (Å²) in [5.41, 5.74) is -4.01. The molecule has 3 N–H and O–H groups in total. The van der Waals surface area contributed by atoms with E-state index in [1.54, 1.807) is 20.8 Å². The van der Waals surface area contributed by atoms with Gasteiger partial charge in [0.25, 0.3) is 0 Å². The molecule has 0 aromatic heterocycles. The first-order valence-corrected chi connectivity index (χ1v) is 5.82. The summed E-state index contributed by atoms with van der Waals surface area (Å²) in [6, 6.07) is -1.16. The van der Waals surface area contributed by atoms with Crippen LogP contribution in [0.15, 0.2) is 0 Å². The van der Waals surface area contributed by atoms with Crippen LogP contribution in [0.25, 0.3) is 0 Å². The zero-order chi connectivity index (χ0) is 15.5. The van der Waals surface area contributed by atoms with Crippen molar-refractivity contribution in [3.63, 3.8) is 0 Å². The van der Waals surface area contributed by atoms with Gasteiger partial charge in [-0.05, 0) is 26.7 Å². The Bertz CT molecular complexity index is 354. The van der Waals surface area contributed by atoms with Crippen LogP contribution in [-0.4, -0.2) is 34.4 Å². The first-order valence-electron chi connectivity index (χ1n) is 5.82. The molecule has 0 saturated carbocycles. The van der Waals surface area contributed by atoms with Gasteiger partial charge in [-0.2, -0.15) is 13.2 Å². The third-order valence-corrected chi connectivity index (χ3v) is 3.33. The standard InChI is InChI=1S/C11H19F3N2O3/c1-5-9(3,6-2)15-8(19)16-10(4,7(17)18)11(12,13)14/h5-6H2,1-4H3,(H,17,18)(H2,15,16,19). The second-order valence-corrected chi connectivity index (χ2v) is 4.77. The van der Waals surface area contributed by atoms with E-state index < -0.39 is 29.3 Å². The number of carboxylic acid groups (broad SMARTS) is 1. The van der Waals surface area contributed by atoms with Crippen molar-refractivity contribution in [1.29, 1.82) is 0 Å². The van der Waals surface area contributed by atoms with Crippen molar-refractivity contribution >= 4 is 12.0 Å². The van der Waals surface area contributed by atoms with Crippen LogP contribution in [-0.2, 0) is 4.79 Å². The first kappa shape index (κ1) is 17.5. The summed E-state index contributed by atoms with van der Waals surface area (Å²) in [7, 11) is 0. The lowest BCUT2D eigenvalue weighted by atomic mass is 9.95. The number of alkyl halides is 3. The maximum atomic E-state index is 12.7. The molecule has 0 aliphatic heterocycles. The van der Waals surface area contributed by atoms with Crippen molar-refractivity contribution in [3.05, 3.63) is 0 Å². The molecule has 0 aromatic rings. The number of hydrogen-bond donors (Lipinski definition) is 3. The molecule has 1 atom stereocenters. The van der Waals surface area contributed by atoms with E-state index >= 15 is 0 Å². The lowest BCUT2D eigenvalue weighted by molar-refractivity contribution is -0.203. The Morgan fingerprint density at radius 2 is 1.47 bits per heavy atom. The Morgan fingerprint density at radius 1 is 1.05 bits per heavy atom. The molecule has 0 spiro atoms. The van der Waals surface area contributed by atoms with E-state index in [4.69, 9.17) is 5.11 Å². The molecule has 19 heavy (non-hydrogen) atoms. The van der Waals surface area contributed by atoms with E-state index in [-0.39, 0.29) is 0 Å². The number of rotatable bonds is 5. The molecule has 0 aromatic carbocycles. The Morgan fingerprint density at radius 3 is 1.74 bits per heavy atom. The highest BCUT2D eigenvalue weighted by Gasteiger charge is 2.58. The predicted molar refractivity (Wildman–Crippen MR) is 62.8 cm³/mol. The lowest BCUT2D eigenvalue weighted by Gasteiger charge is -2.33. The summed E-state index contributed by atoms with van der Waals surface area (Å²) in [5.74, 6) is -2.16. The van der Waals surface area contributed by atoms with E-state index in [0.29, 0.717) is 19.8 Å². The molecule has 0 saturated heterocycles. The molecule has 5 nitrogen and oxygen atoms in total. The monoisotopic (exact) mass is 284 g/mol. The van der Waals surface area contributed by atoms with Crippen LogP contribution in [0.5, 0.6) is 0 Å². The van der Waals surface area contributed by atoms with E-state index in [1.165, 1.54) is 5.32 Å². The van der Waals surface area contributed by atoms with Crippen LogP contribution in [0, 0.1) is 0 Å². The zero-order valence-corrected chi connectivity index (χ0v) is 11.3. The van der Waals surface area contributed by atoms with E-state index in [9.17, 15) is 22.8 Å².